The van der Waals surface area contributed by atoms with E-state index < -0.39 is 0 Å². The van der Waals surface area contributed by atoms with E-state index in [2.05, 4.69) is 17.1 Å². The summed E-state index contributed by atoms with van der Waals surface area (Å²) in [6.45, 7) is 6.92. The second-order valence-electron chi connectivity index (χ2n) is 4.55. The van der Waals surface area contributed by atoms with Crippen LogP contribution in [0.1, 0.15) is 26.2 Å². The Morgan fingerprint density at radius 1 is 1.27 bits per heavy atom. The van der Waals surface area contributed by atoms with Crippen LogP contribution in [0.2, 0.25) is 0 Å². The van der Waals surface area contributed by atoms with E-state index in [1.807, 2.05) is 4.90 Å². The number of likely N-dealkylation sites (tertiary alicyclic amines) is 1. The van der Waals surface area contributed by atoms with Crippen molar-refractivity contribution in [3.05, 3.63) is 0 Å². The van der Waals surface area contributed by atoms with Crippen LogP contribution in [-0.4, -0.2) is 54.6 Å². The molecule has 2 aliphatic heterocycles. The Kier molecular flexibility index (Phi) is 3.59. The normalized spacial score (nSPS) is 28.7. The molecule has 2 aliphatic rings. The largest absolute Gasteiger partial charge is 0.325 e. The lowest BCUT2D eigenvalue weighted by Gasteiger charge is -2.29. The van der Waals surface area contributed by atoms with Crippen molar-refractivity contribution in [2.45, 2.75) is 32.4 Å². The Balaban J connectivity index is 1.74. The summed E-state index contributed by atoms with van der Waals surface area (Å²) >= 11 is 0. The minimum atomic E-state index is 0.224. The molecule has 0 aliphatic carbocycles. The van der Waals surface area contributed by atoms with E-state index in [1.54, 1.807) is 0 Å². The molecule has 86 valence electrons. The molecule has 1 N–H and O–H groups in total. The first kappa shape index (κ1) is 10.9. The van der Waals surface area contributed by atoms with Crippen molar-refractivity contribution in [2.75, 3.05) is 32.7 Å². The Morgan fingerprint density at radius 2 is 2.00 bits per heavy atom. The molecule has 0 spiro atoms. The zero-order chi connectivity index (χ0) is 10.7. The highest BCUT2D eigenvalue weighted by Gasteiger charge is 2.26. The molecule has 2 rings (SSSR count). The SMILES string of the molecule is CC1NCC(=O)N1CCN1CCCCC1. The minimum Gasteiger partial charge on any atom is -0.325 e. The number of nitrogens with zero attached hydrogens (tertiary/aromatic N) is 2. The Morgan fingerprint density at radius 3 is 2.60 bits per heavy atom. The number of carbonyl (C=O) groups excluding carboxylic acids is 1. The monoisotopic (exact) mass is 211 g/mol. The predicted molar refractivity (Wildman–Crippen MR) is 59.5 cm³/mol. The van der Waals surface area contributed by atoms with Crippen molar-refractivity contribution in [2.24, 2.45) is 0 Å². The number of hydrogen-bond acceptors (Lipinski definition) is 3. The minimum absolute atomic E-state index is 0.224. The first-order valence-corrected chi connectivity index (χ1v) is 6.02. The van der Waals surface area contributed by atoms with E-state index in [4.69, 9.17) is 0 Å². The quantitative estimate of drug-likeness (QED) is 0.727. The van der Waals surface area contributed by atoms with Crippen LogP contribution in [0.3, 0.4) is 0 Å². The molecule has 0 radical (unpaired) electrons. The van der Waals surface area contributed by atoms with Crippen LogP contribution in [0.25, 0.3) is 0 Å². The summed E-state index contributed by atoms with van der Waals surface area (Å²) in [5, 5.41) is 3.16. The highest BCUT2D eigenvalue weighted by atomic mass is 16.2. The van der Waals surface area contributed by atoms with E-state index in [1.165, 1.54) is 32.4 Å². The number of rotatable bonds is 3. The van der Waals surface area contributed by atoms with Crippen LogP contribution < -0.4 is 5.32 Å². The first-order valence-electron chi connectivity index (χ1n) is 6.02. The Bertz CT molecular complexity index is 226. The van der Waals surface area contributed by atoms with Crippen molar-refractivity contribution in [3.8, 4) is 0 Å². The zero-order valence-corrected chi connectivity index (χ0v) is 9.54. The molecule has 4 nitrogen and oxygen atoms in total. The van der Waals surface area contributed by atoms with Crippen LogP contribution in [0, 0.1) is 0 Å². The average molecular weight is 211 g/mol. The number of amides is 1. The Hall–Kier alpha value is -0.610. The third-order valence-corrected chi connectivity index (χ3v) is 3.44. The fraction of sp³-hybridized carbons (Fsp3) is 0.909. The molecule has 1 atom stereocenters. The van der Waals surface area contributed by atoms with Crippen LogP contribution in [0.4, 0.5) is 0 Å². The van der Waals surface area contributed by atoms with Gasteiger partial charge < -0.3 is 9.80 Å². The van der Waals surface area contributed by atoms with Crippen LogP contribution in [-0.2, 0) is 4.79 Å². The summed E-state index contributed by atoms with van der Waals surface area (Å²) in [5.74, 6) is 0.250. The van der Waals surface area contributed by atoms with Gasteiger partial charge in [0, 0.05) is 13.1 Å². The van der Waals surface area contributed by atoms with Crippen LogP contribution in [0.5, 0.6) is 0 Å². The molecule has 0 bridgehead atoms. The molecule has 0 saturated carbocycles. The molecule has 15 heavy (non-hydrogen) atoms. The highest BCUT2D eigenvalue weighted by molar-refractivity contribution is 5.80. The van der Waals surface area contributed by atoms with Gasteiger partial charge in [-0.15, -0.1) is 0 Å². The average Bonchev–Trinajstić information content (AvgIpc) is 2.58. The third-order valence-electron chi connectivity index (χ3n) is 3.44. The van der Waals surface area contributed by atoms with Gasteiger partial charge in [-0.2, -0.15) is 0 Å². The summed E-state index contributed by atoms with van der Waals surface area (Å²) < 4.78 is 0. The lowest BCUT2D eigenvalue weighted by atomic mass is 10.1. The highest BCUT2D eigenvalue weighted by Crippen LogP contribution is 2.09. The molecule has 1 amide bonds. The van der Waals surface area contributed by atoms with Gasteiger partial charge in [0.05, 0.1) is 12.7 Å². The van der Waals surface area contributed by atoms with Crippen molar-refractivity contribution in [3.63, 3.8) is 0 Å². The van der Waals surface area contributed by atoms with Crippen molar-refractivity contribution in [1.29, 1.82) is 0 Å². The molecule has 0 aromatic heterocycles. The van der Waals surface area contributed by atoms with Gasteiger partial charge in [0.15, 0.2) is 0 Å². The molecule has 0 aromatic rings. The number of carbonyl (C=O) groups is 1. The number of nitrogens with one attached hydrogen (secondary N) is 1. The van der Waals surface area contributed by atoms with Crippen molar-refractivity contribution >= 4 is 5.91 Å². The molecule has 2 fully saturated rings. The lowest BCUT2D eigenvalue weighted by Crippen LogP contribution is -2.42. The summed E-state index contributed by atoms with van der Waals surface area (Å²) in [7, 11) is 0. The first-order chi connectivity index (χ1) is 7.27. The van der Waals surface area contributed by atoms with Gasteiger partial charge in [-0.05, 0) is 32.9 Å². The maximum absolute atomic E-state index is 11.5. The molecule has 2 heterocycles. The second kappa shape index (κ2) is 4.94. The van der Waals surface area contributed by atoms with Gasteiger partial charge in [-0.25, -0.2) is 0 Å². The third kappa shape index (κ3) is 2.69. The van der Waals surface area contributed by atoms with Crippen molar-refractivity contribution in [1.82, 2.24) is 15.1 Å². The van der Waals surface area contributed by atoms with Gasteiger partial charge in [0.25, 0.3) is 0 Å². The molecular weight excluding hydrogens is 190 g/mol. The van der Waals surface area contributed by atoms with E-state index in [-0.39, 0.29) is 12.1 Å². The van der Waals surface area contributed by atoms with Crippen LogP contribution >= 0.6 is 0 Å². The van der Waals surface area contributed by atoms with Crippen LogP contribution in [0.15, 0.2) is 0 Å². The fourth-order valence-corrected chi connectivity index (χ4v) is 2.41. The van der Waals surface area contributed by atoms with E-state index >= 15 is 0 Å². The van der Waals surface area contributed by atoms with Gasteiger partial charge in [0.2, 0.25) is 5.91 Å². The Labute approximate surface area is 91.6 Å². The van der Waals surface area contributed by atoms with Gasteiger partial charge in [0.1, 0.15) is 0 Å². The molecule has 4 heteroatoms. The smallest absolute Gasteiger partial charge is 0.237 e. The van der Waals surface area contributed by atoms with E-state index in [0.29, 0.717) is 6.54 Å². The summed E-state index contributed by atoms with van der Waals surface area (Å²) in [6.07, 6.45) is 4.24. The molecule has 2 saturated heterocycles. The van der Waals surface area contributed by atoms with E-state index in [9.17, 15) is 4.79 Å². The zero-order valence-electron chi connectivity index (χ0n) is 9.54. The van der Waals surface area contributed by atoms with Gasteiger partial charge in [-0.3, -0.25) is 10.1 Å². The summed E-state index contributed by atoms with van der Waals surface area (Å²) in [6, 6.07) is 0. The number of piperidine rings is 1. The summed E-state index contributed by atoms with van der Waals surface area (Å²) in [5.41, 5.74) is 0. The summed E-state index contributed by atoms with van der Waals surface area (Å²) in [4.78, 5) is 15.9. The molecule has 1 unspecified atom stereocenters. The lowest BCUT2D eigenvalue weighted by molar-refractivity contribution is -0.127. The predicted octanol–water partition coefficient (Wildman–Crippen LogP) is 0.250. The maximum atomic E-state index is 11.5. The standard InChI is InChI=1S/C11H21N3O/c1-10-12-9-11(15)14(10)8-7-13-5-3-2-4-6-13/h10,12H,2-9H2,1H3. The number of hydrogen-bond donors (Lipinski definition) is 1. The molecular formula is C11H21N3O. The maximum Gasteiger partial charge on any atom is 0.237 e. The second-order valence-corrected chi connectivity index (χ2v) is 4.55. The molecule has 0 aromatic carbocycles. The van der Waals surface area contributed by atoms with Crippen molar-refractivity contribution < 1.29 is 4.79 Å². The van der Waals surface area contributed by atoms with E-state index in [0.717, 1.165) is 13.1 Å². The van der Waals surface area contributed by atoms with Gasteiger partial charge >= 0.3 is 0 Å². The van der Waals surface area contributed by atoms with Gasteiger partial charge in [-0.1, -0.05) is 6.42 Å². The fourth-order valence-electron chi connectivity index (χ4n) is 2.41. The topological polar surface area (TPSA) is 35.6 Å².